The molecule has 0 bridgehead atoms. The van der Waals surface area contributed by atoms with Gasteiger partial charge in [0.1, 0.15) is 5.82 Å². The molecular formula is C27H42ClFN4O4. The average Bonchev–Trinajstić information content (AvgIpc) is 2.88. The van der Waals surface area contributed by atoms with Crippen molar-refractivity contribution in [3.63, 3.8) is 0 Å². The highest BCUT2D eigenvalue weighted by atomic mass is 35.5. The summed E-state index contributed by atoms with van der Waals surface area (Å²) in [4.78, 5) is 26.5. The Labute approximate surface area is 225 Å². The molecule has 1 aromatic carbocycles. The molecule has 1 heterocycles. The minimum atomic E-state index is -0.543. The van der Waals surface area contributed by atoms with Gasteiger partial charge in [-0.2, -0.15) is 0 Å². The van der Waals surface area contributed by atoms with Crippen molar-refractivity contribution < 1.29 is 23.5 Å². The number of benzene rings is 1. The topological polar surface area (TPSA) is 91.9 Å². The highest BCUT2D eigenvalue weighted by Crippen LogP contribution is 2.34. The normalized spacial score (nSPS) is 20.2. The molecule has 1 saturated heterocycles. The Hall–Kier alpha value is -2.10. The lowest BCUT2D eigenvalue weighted by molar-refractivity contribution is -0.00880. The van der Waals surface area contributed by atoms with Gasteiger partial charge in [-0.1, -0.05) is 43.7 Å². The molecule has 8 nitrogen and oxygen atoms in total. The van der Waals surface area contributed by atoms with Crippen LogP contribution in [0.1, 0.15) is 63.0 Å². The lowest BCUT2D eigenvalue weighted by Crippen LogP contribution is -2.52. The first-order chi connectivity index (χ1) is 17.9. The van der Waals surface area contributed by atoms with Crippen molar-refractivity contribution in [3.05, 3.63) is 34.6 Å². The molecule has 208 valence electrons. The fourth-order valence-electron chi connectivity index (χ4n) is 5.63. The largest absolute Gasteiger partial charge is 0.453 e. The molecule has 1 unspecified atom stereocenters. The number of nitrogens with one attached hydrogen (secondary N) is 3. The van der Waals surface area contributed by atoms with Crippen molar-refractivity contribution in [2.45, 2.75) is 63.5 Å². The third-order valence-electron chi connectivity index (χ3n) is 7.36. The number of hydrogen-bond donors (Lipinski definition) is 3. The lowest BCUT2D eigenvalue weighted by Gasteiger charge is -2.38. The van der Waals surface area contributed by atoms with Crippen LogP contribution >= 0.6 is 11.6 Å². The summed E-state index contributed by atoms with van der Waals surface area (Å²) in [6, 6.07) is 4.41. The van der Waals surface area contributed by atoms with Gasteiger partial charge in [-0.25, -0.2) is 14.0 Å². The number of alkyl carbamates (subject to hydrolysis) is 1. The zero-order valence-electron chi connectivity index (χ0n) is 22.1. The van der Waals surface area contributed by atoms with Crippen molar-refractivity contribution in [1.29, 1.82) is 0 Å². The first-order valence-corrected chi connectivity index (χ1v) is 13.9. The summed E-state index contributed by atoms with van der Waals surface area (Å²) in [6.45, 7) is 2.35. The molecule has 2 aliphatic rings. The standard InChI is InChI=1S/C27H42ClFN4O4/c1-30-17-24(13-19-7-4-3-5-8-19)32-26(34)33-11-6-9-20(18-33)25(37-12-10-31-27(35)36-2)21-14-22(28)16-23(29)15-21/h14-16,19-20,24-25,30H,3-13,17-18H2,1-2H3,(H,31,35)(H,32,34)/t20-,24+,25?/m1/s1. The van der Waals surface area contributed by atoms with E-state index in [0.717, 1.165) is 25.8 Å². The van der Waals surface area contributed by atoms with Crippen LogP contribution in [0, 0.1) is 17.7 Å². The van der Waals surface area contributed by atoms with Crippen molar-refractivity contribution in [2.75, 3.05) is 46.9 Å². The summed E-state index contributed by atoms with van der Waals surface area (Å²) in [5.41, 5.74) is 0.626. The van der Waals surface area contributed by atoms with E-state index in [2.05, 4.69) is 20.7 Å². The second-order valence-electron chi connectivity index (χ2n) is 10.2. The van der Waals surface area contributed by atoms with Crippen LogP contribution in [0.3, 0.4) is 0 Å². The van der Waals surface area contributed by atoms with Crippen LogP contribution in [-0.2, 0) is 9.47 Å². The molecule has 2 fully saturated rings. The highest BCUT2D eigenvalue weighted by Gasteiger charge is 2.32. The zero-order chi connectivity index (χ0) is 26.6. The minimum Gasteiger partial charge on any atom is -0.453 e. The quantitative estimate of drug-likeness (QED) is 0.348. The van der Waals surface area contributed by atoms with Gasteiger partial charge < -0.3 is 30.3 Å². The van der Waals surface area contributed by atoms with E-state index in [4.69, 9.17) is 16.3 Å². The van der Waals surface area contributed by atoms with Crippen molar-refractivity contribution in [2.24, 2.45) is 11.8 Å². The number of amides is 3. The zero-order valence-corrected chi connectivity index (χ0v) is 22.8. The molecule has 0 radical (unpaired) electrons. The second kappa shape index (κ2) is 15.3. The number of carbonyl (C=O) groups excluding carboxylic acids is 2. The molecular weight excluding hydrogens is 499 g/mol. The smallest absolute Gasteiger partial charge is 0.406 e. The van der Waals surface area contributed by atoms with Crippen molar-refractivity contribution in [1.82, 2.24) is 20.9 Å². The van der Waals surface area contributed by atoms with E-state index in [1.165, 1.54) is 51.3 Å². The number of halogens is 2. The summed E-state index contributed by atoms with van der Waals surface area (Å²) in [7, 11) is 3.21. The molecule has 3 amide bonds. The van der Waals surface area contributed by atoms with Gasteiger partial charge >= 0.3 is 12.1 Å². The molecule has 3 N–H and O–H groups in total. The number of carbonyl (C=O) groups is 2. The summed E-state index contributed by atoms with van der Waals surface area (Å²) in [5.74, 6) is 0.180. The van der Waals surface area contributed by atoms with Crippen LogP contribution in [0.2, 0.25) is 5.02 Å². The third kappa shape index (κ3) is 9.61. The Morgan fingerprint density at radius 1 is 1.16 bits per heavy atom. The fraction of sp³-hybridized carbons (Fsp3) is 0.704. The first-order valence-electron chi connectivity index (χ1n) is 13.5. The van der Waals surface area contributed by atoms with Gasteiger partial charge in [-0.3, -0.25) is 0 Å². The number of urea groups is 1. The molecule has 0 aromatic heterocycles. The van der Waals surface area contributed by atoms with Gasteiger partial charge in [0.15, 0.2) is 0 Å². The predicted molar refractivity (Wildman–Crippen MR) is 142 cm³/mol. The number of ether oxygens (including phenoxy) is 2. The summed E-state index contributed by atoms with van der Waals surface area (Å²) in [5, 5.41) is 9.37. The van der Waals surface area contributed by atoms with E-state index >= 15 is 0 Å². The molecule has 1 saturated carbocycles. The van der Waals surface area contributed by atoms with Crippen LogP contribution in [0.25, 0.3) is 0 Å². The molecule has 1 aliphatic carbocycles. The van der Waals surface area contributed by atoms with Crippen molar-refractivity contribution >= 4 is 23.7 Å². The number of piperidine rings is 1. The van der Waals surface area contributed by atoms with Gasteiger partial charge in [0, 0.05) is 43.2 Å². The molecule has 10 heteroatoms. The van der Waals surface area contributed by atoms with Crippen LogP contribution < -0.4 is 16.0 Å². The summed E-state index contributed by atoms with van der Waals surface area (Å²) < 4.78 is 25.0. The first kappa shape index (κ1) is 29.5. The highest BCUT2D eigenvalue weighted by molar-refractivity contribution is 6.30. The maximum atomic E-state index is 14.2. The van der Waals surface area contributed by atoms with Gasteiger partial charge in [0.25, 0.3) is 0 Å². The number of rotatable bonds is 11. The van der Waals surface area contributed by atoms with Crippen molar-refractivity contribution in [3.8, 4) is 0 Å². The molecule has 3 atom stereocenters. The van der Waals surface area contributed by atoms with Gasteiger partial charge in [-0.05, 0) is 56.0 Å². The number of nitrogens with zero attached hydrogens (tertiary/aromatic N) is 1. The number of likely N-dealkylation sites (N-methyl/N-ethyl adjacent to an activating group) is 1. The SMILES string of the molecule is CNC[C@H](CC1CCCCC1)NC(=O)N1CCC[C@@H](C(OCCNC(=O)OC)c2cc(F)cc(Cl)c2)C1. The maximum absolute atomic E-state index is 14.2. The summed E-state index contributed by atoms with van der Waals surface area (Å²) in [6.07, 6.45) is 7.97. The van der Waals surface area contributed by atoms with E-state index < -0.39 is 18.0 Å². The van der Waals surface area contributed by atoms with Gasteiger partial charge in [0.05, 0.1) is 19.8 Å². The monoisotopic (exact) mass is 540 g/mol. The molecule has 0 spiro atoms. The fourth-order valence-corrected chi connectivity index (χ4v) is 5.86. The van der Waals surface area contributed by atoms with Crippen LogP contribution in [-0.4, -0.2) is 70.0 Å². The van der Waals surface area contributed by atoms with Crippen LogP contribution in [0.5, 0.6) is 0 Å². The number of likely N-dealkylation sites (tertiary alicyclic amines) is 1. The minimum absolute atomic E-state index is 0.0448. The second-order valence-corrected chi connectivity index (χ2v) is 10.6. The Balaban J connectivity index is 1.65. The van der Waals surface area contributed by atoms with E-state index in [9.17, 15) is 14.0 Å². The number of hydrogen-bond acceptors (Lipinski definition) is 5. The van der Waals surface area contributed by atoms with E-state index in [-0.39, 0.29) is 31.1 Å². The summed E-state index contributed by atoms with van der Waals surface area (Å²) >= 11 is 6.15. The lowest BCUT2D eigenvalue weighted by atomic mass is 9.85. The third-order valence-corrected chi connectivity index (χ3v) is 7.58. The Bertz CT molecular complexity index is 851. The Kier molecular flexibility index (Phi) is 12.2. The van der Waals surface area contributed by atoms with Crippen LogP contribution in [0.15, 0.2) is 18.2 Å². The Morgan fingerprint density at radius 3 is 2.65 bits per heavy atom. The van der Waals surface area contributed by atoms with Crippen LogP contribution in [0.4, 0.5) is 14.0 Å². The van der Waals surface area contributed by atoms with Gasteiger partial charge in [-0.15, -0.1) is 0 Å². The van der Waals surface area contributed by atoms with E-state index in [1.54, 1.807) is 6.07 Å². The molecule has 1 aliphatic heterocycles. The van der Waals surface area contributed by atoms with Gasteiger partial charge in [0.2, 0.25) is 0 Å². The maximum Gasteiger partial charge on any atom is 0.406 e. The Morgan fingerprint density at radius 2 is 1.95 bits per heavy atom. The van der Waals surface area contributed by atoms with E-state index in [1.807, 2.05) is 11.9 Å². The molecule has 37 heavy (non-hydrogen) atoms. The molecule has 1 aromatic rings. The van der Waals surface area contributed by atoms with E-state index in [0.29, 0.717) is 29.6 Å². The molecule has 3 rings (SSSR count). The average molecular weight is 541 g/mol. The predicted octanol–water partition coefficient (Wildman–Crippen LogP) is 4.87. The number of methoxy groups -OCH3 is 1.